The first-order valence-corrected chi connectivity index (χ1v) is 8.70. The van der Waals surface area contributed by atoms with Gasteiger partial charge in [-0.3, -0.25) is 9.59 Å². The molecule has 0 aromatic heterocycles. The van der Waals surface area contributed by atoms with Gasteiger partial charge in [0.25, 0.3) is 0 Å². The van der Waals surface area contributed by atoms with Crippen molar-refractivity contribution in [3.8, 4) is 0 Å². The molecule has 0 atom stereocenters. The Bertz CT molecular complexity index is 957. The van der Waals surface area contributed by atoms with E-state index >= 15 is 0 Å². The third-order valence-corrected chi connectivity index (χ3v) is 4.25. The van der Waals surface area contributed by atoms with E-state index in [1.807, 2.05) is 49.4 Å². The van der Waals surface area contributed by atoms with E-state index in [2.05, 4.69) is 16.0 Å². The molecular weight excluding hydrogens is 362 g/mol. The third kappa shape index (κ3) is 5.09. The summed E-state index contributed by atoms with van der Waals surface area (Å²) in [5.41, 5.74) is 3.72. The molecule has 0 aliphatic carbocycles. The van der Waals surface area contributed by atoms with Crippen LogP contribution in [0.15, 0.2) is 72.8 Å². The van der Waals surface area contributed by atoms with Gasteiger partial charge in [-0.2, -0.15) is 0 Å². The van der Waals surface area contributed by atoms with Crippen molar-refractivity contribution in [2.45, 2.75) is 6.92 Å². The van der Waals surface area contributed by atoms with Crippen LogP contribution < -0.4 is 16.0 Å². The normalized spacial score (nSPS) is 10.1. The zero-order chi connectivity index (χ0) is 19.2. The number of halogens is 1. The molecule has 6 heteroatoms. The number of carbonyl (C=O) groups excluding carboxylic acids is 2. The number of anilines is 4. The number of para-hydroxylation sites is 1. The minimum absolute atomic E-state index is 0.466. The van der Waals surface area contributed by atoms with Crippen LogP contribution in [0.4, 0.5) is 22.7 Å². The third-order valence-electron chi connectivity index (χ3n) is 3.84. The van der Waals surface area contributed by atoms with Crippen LogP contribution in [0.3, 0.4) is 0 Å². The molecule has 27 heavy (non-hydrogen) atoms. The van der Waals surface area contributed by atoms with E-state index in [4.69, 9.17) is 11.6 Å². The molecule has 3 aromatic carbocycles. The lowest BCUT2D eigenvalue weighted by Crippen LogP contribution is -2.29. The van der Waals surface area contributed by atoms with E-state index in [1.54, 1.807) is 30.3 Å². The van der Waals surface area contributed by atoms with Crippen molar-refractivity contribution in [2.24, 2.45) is 0 Å². The fourth-order valence-corrected chi connectivity index (χ4v) is 2.55. The van der Waals surface area contributed by atoms with Crippen LogP contribution in [0.5, 0.6) is 0 Å². The first-order valence-electron chi connectivity index (χ1n) is 8.32. The molecule has 3 aromatic rings. The number of carbonyl (C=O) groups is 2. The molecule has 136 valence electrons. The lowest BCUT2D eigenvalue weighted by Gasteiger charge is -2.09. The van der Waals surface area contributed by atoms with Gasteiger partial charge in [0.1, 0.15) is 0 Å². The highest BCUT2D eigenvalue weighted by molar-refractivity contribution is 6.43. The largest absolute Gasteiger partial charge is 0.356 e. The summed E-state index contributed by atoms with van der Waals surface area (Å²) < 4.78 is 0. The fraction of sp³-hybridized carbons (Fsp3) is 0.0476. The van der Waals surface area contributed by atoms with E-state index in [1.165, 1.54) is 0 Å². The number of amides is 2. The van der Waals surface area contributed by atoms with Crippen molar-refractivity contribution in [3.63, 3.8) is 0 Å². The number of hydrogen-bond donors (Lipinski definition) is 3. The zero-order valence-corrected chi connectivity index (χ0v) is 15.4. The van der Waals surface area contributed by atoms with Crippen molar-refractivity contribution < 1.29 is 9.59 Å². The highest BCUT2D eigenvalue weighted by Crippen LogP contribution is 2.21. The van der Waals surface area contributed by atoms with E-state index in [0.29, 0.717) is 16.4 Å². The molecule has 0 unspecified atom stereocenters. The van der Waals surface area contributed by atoms with Crippen molar-refractivity contribution >= 4 is 46.2 Å². The minimum atomic E-state index is -0.763. The van der Waals surface area contributed by atoms with E-state index in [9.17, 15) is 9.59 Å². The van der Waals surface area contributed by atoms with Gasteiger partial charge in [0.15, 0.2) is 0 Å². The highest BCUT2D eigenvalue weighted by atomic mass is 35.5. The van der Waals surface area contributed by atoms with Gasteiger partial charge in [-0.1, -0.05) is 35.9 Å². The van der Waals surface area contributed by atoms with Gasteiger partial charge in [-0.15, -0.1) is 0 Å². The van der Waals surface area contributed by atoms with Gasteiger partial charge < -0.3 is 16.0 Å². The van der Waals surface area contributed by atoms with Crippen molar-refractivity contribution in [1.29, 1.82) is 0 Å². The second-order valence-corrected chi connectivity index (χ2v) is 6.35. The maximum absolute atomic E-state index is 12.1. The Labute approximate surface area is 162 Å². The second-order valence-electron chi connectivity index (χ2n) is 5.94. The zero-order valence-electron chi connectivity index (χ0n) is 14.6. The predicted molar refractivity (Wildman–Crippen MR) is 110 cm³/mol. The smallest absolute Gasteiger partial charge is 0.314 e. The Morgan fingerprint density at radius 2 is 1.22 bits per heavy atom. The molecule has 3 N–H and O–H groups in total. The molecule has 0 aliphatic heterocycles. The predicted octanol–water partition coefficient (Wildman–Crippen LogP) is 4.97. The van der Waals surface area contributed by atoms with Crippen molar-refractivity contribution in [1.82, 2.24) is 0 Å². The summed E-state index contributed by atoms with van der Waals surface area (Å²) in [5.74, 6) is -1.52. The average molecular weight is 380 g/mol. The molecule has 0 spiro atoms. The molecule has 5 nitrogen and oxygen atoms in total. The fourth-order valence-electron chi connectivity index (χ4n) is 2.37. The van der Waals surface area contributed by atoms with Crippen LogP contribution in [-0.2, 0) is 9.59 Å². The number of hydrogen-bond acceptors (Lipinski definition) is 3. The van der Waals surface area contributed by atoms with Crippen LogP contribution in [0.2, 0.25) is 5.02 Å². The number of rotatable bonds is 4. The highest BCUT2D eigenvalue weighted by Gasteiger charge is 2.14. The van der Waals surface area contributed by atoms with Crippen LogP contribution in [0, 0.1) is 6.92 Å². The quantitative estimate of drug-likeness (QED) is 0.560. The number of nitrogens with one attached hydrogen (secondary N) is 3. The summed E-state index contributed by atoms with van der Waals surface area (Å²) in [6, 6.07) is 21.9. The van der Waals surface area contributed by atoms with Crippen molar-refractivity contribution in [2.75, 3.05) is 16.0 Å². The van der Waals surface area contributed by atoms with Gasteiger partial charge in [-0.25, -0.2) is 0 Å². The number of benzene rings is 3. The first kappa shape index (κ1) is 18.5. The standard InChI is InChI=1S/C21H18ClN3O2/c1-14-7-8-18(13-19(14)22)25-21(27)20(26)24-17-11-9-16(10-12-17)23-15-5-3-2-4-6-15/h2-13,23H,1H3,(H,24,26)(H,25,27). The Kier molecular flexibility index (Phi) is 5.74. The molecule has 0 bridgehead atoms. The van der Waals surface area contributed by atoms with Gasteiger partial charge in [0.2, 0.25) is 0 Å². The van der Waals surface area contributed by atoms with Gasteiger partial charge in [-0.05, 0) is 61.0 Å². The Morgan fingerprint density at radius 3 is 1.85 bits per heavy atom. The van der Waals surface area contributed by atoms with Crippen LogP contribution in [0.1, 0.15) is 5.56 Å². The average Bonchev–Trinajstić information content (AvgIpc) is 2.67. The summed E-state index contributed by atoms with van der Waals surface area (Å²) in [7, 11) is 0. The minimum Gasteiger partial charge on any atom is -0.356 e. The molecule has 2 amide bonds. The molecule has 0 aliphatic rings. The first-order chi connectivity index (χ1) is 13.0. The van der Waals surface area contributed by atoms with Crippen LogP contribution in [0.25, 0.3) is 0 Å². The summed E-state index contributed by atoms with van der Waals surface area (Å²) in [6.07, 6.45) is 0. The second kappa shape index (κ2) is 8.38. The maximum atomic E-state index is 12.1. The maximum Gasteiger partial charge on any atom is 0.314 e. The Hall–Kier alpha value is -3.31. The summed E-state index contributed by atoms with van der Waals surface area (Å²) in [4.78, 5) is 24.1. The van der Waals surface area contributed by atoms with E-state index in [-0.39, 0.29) is 0 Å². The summed E-state index contributed by atoms with van der Waals surface area (Å²) >= 11 is 6.02. The molecule has 0 saturated heterocycles. The lowest BCUT2D eigenvalue weighted by atomic mass is 10.2. The summed E-state index contributed by atoms with van der Waals surface area (Å²) in [6.45, 7) is 1.86. The van der Waals surface area contributed by atoms with E-state index in [0.717, 1.165) is 16.9 Å². The van der Waals surface area contributed by atoms with Crippen LogP contribution in [-0.4, -0.2) is 11.8 Å². The molecular formula is C21H18ClN3O2. The monoisotopic (exact) mass is 379 g/mol. The lowest BCUT2D eigenvalue weighted by molar-refractivity contribution is -0.132. The number of aryl methyl sites for hydroxylation is 1. The van der Waals surface area contributed by atoms with Gasteiger partial charge in [0, 0.05) is 27.8 Å². The van der Waals surface area contributed by atoms with Crippen molar-refractivity contribution in [3.05, 3.63) is 83.4 Å². The summed E-state index contributed by atoms with van der Waals surface area (Å²) in [5, 5.41) is 8.86. The topological polar surface area (TPSA) is 70.2 Å². The molecule has 0 radical (unpaired) electrons. The Morgan fingerprint density at radius 1 is 0.704 bits per heavy atom. The van der Waals surface area contributed by atoms with Gasteiger partial charge in [0.05, 0.1) is 0 Å². The SMILES string of the molecule is Cc1ccc(NC(=O)C(=O)Nc2ccc(Nc3ccccc3)cc2)cc1Cl. The van der Waals surface area contributed by atoms with Gasteiger partial charge >= 0.3 is 11.8 Å². The molecule has 0 saturated carbocycles. The molecule has 0 fully saturated rings. The Balaban J connectivity index is 1.58. The van der Waals surface area contributed by atoms with E-state index < -0.39 is 11.8 Å². The van der Waals surface area contributed by atoms with Crippen LogP contribution >= 0.6 is 11.6 Å². The molecule has 3 rings (SSSR count). The molecule has 0 heterocycles.